The number of nitriles is 1. The number of hydrogen-bond donors (Lipinski definition) is 1. The molecule has 0 spiro atoms. The summed E-state index contributed by atoms with van der Waals surface area (Å²) >= 11 is 0. The first kappa shape index (κ1) is 14.7. The first-order chi connectivity index (χ1) is 9.19. The van der Waals surface area contributed by atoms with Crippen molar-refractivity contribution in [2.75, 3.05) is 7.11 Å². The van der Waals surface area contributed by atoms with Crippen LogP contribution < -0.4 is 5.32 Å². The van der Waals surface area contributed by atoms with Gasteiger partial charge in [-0.05, 0) is 25.0 Å². The van der Waals surface area contributed by atoms with E-state index in [9.17, 15) is 9.59 Å². The molecule has 0 aliphatic rings. The largest absolute Gasteiger partial charge is 0.467 e. The minimum Gasteiger partial charge on any atom is -0.467 e. The van der Waals surface area contributed by atoms with Crippen LogP contribution in [0.15, 0.2) is 30.3 Å². The van der Waals surface area contributed by atoms with Crippen LogP contribution in [0.5, 0.6) is 0 Å². The molecule has 0 unspecified atom stereocenters. The molecule has 0 saturated heterocycles. The van der Waals surface area contributed by atoms with Gasteiger partial charge in [0, 0.05) is 12.0 Å². The lowest BCUT2D eigenvalue weighted by Crippen LogP contribution is -2.41. The van der Waals surface area contributed by atoms with Crippen LogP contribution in [0.3, 0.4) is 0 Å². The van der Waals surface area contributed by atoms with E-state index in [1.807, 2.05) is 12.1 Å². The SMILES string of the molecule is COC(=O)[C@H](CCCC#N)NC(=O)c1ccccc1. The molecular formula is C14H16N2O3. The first-order valence-electron chi connectivity index (χ1n) is 5.99. The van der Waals surface area contributed by atoms with Crippen LogP contribution >= 0.6 is 0 Å². The molecule has 5 heteroatoms. The van der Waals surface area contributed by atoms with Crippen LogP contribution in [-0.2, 0) is 9.53 Å². The van der Waals surface area contributed by atoms with Crippen molar-refractivity contribution in [2.24, 2.45) is 0 Å². The van der Waals surface area contributed by atoms with Gasteiger partial charge in [0.25, 0.3) is 5.91 Å². The second kappa shape index (κ2) is 7.88. The molecule has 0 bridgehead atoms. The number of methoxy groups -OCH3 is 1. The van der Waals surface area contributed by atoms with E-state index in [1.165, 1.54) is 7.11 Å². The van der Waals surface area contributed by atoms with E-state index < -0.39 is 12.0 Å². The average molecular weight is 260 g/mol. The van der Waals surface area contributed by atoms with Gasteiger partial charge < -0.3 is 10.1 Å². The van der Waals surface area contributed by atoms with Crippen molar-refractivity contribution in [2.45, 2.75) is 25.3 Å². The Morgan fingerprint density at radius 3 is 2.63 bits per heavy atom. The quantitative estimate of drug-likeness (QED) is 0.623. The molecule has 5 nitrogen and oxygen atoms in total. The zero-order valence-electron chi connectivity index (χ0n) is 10.8. The molecule has 0 saturated carbocycles. The Hall–Kier alpha value is -2.35. The number of carbonyl (C=O) groups is 2. The Balaban J connectivity index is 2.64. The second-order valence-corrected chi connectivity index (χ2v) is 3.97. The monoisotopic (exact) mass is 260 g/mol. The highest BCUT2D eigenvalue weighted by Gasteiger charge is 2.21. The van der Waals surface area contributed by atoms with Gasteiger partial charge in [-0.25, -0.2) is 4.79 Å². The number of nitrogens with one attached hydrogen (secondary N) is 1. The van der Waals surface area contributed by atoms with E-state index in [4.69, 9.17) is 5.26 Å². The van der Waals surface area contributed by atoms with E-state index in [1.54, 1.807) is 24.3 Å². The van der Waals surface area contributed by atoms with Crippen molar-refractivity contribution < 1.29 is 14.3 Å². The van der Waals surface area contributed by atoms with Crippen molar-refractivity contribution >= 4 is 11.9 Å². The maximum atomic E-state index is 11.9. The predicted octanol–water partition coefficient (Wildman–Crippen LogP) is 1.65. The van der Waals surface area contributed by atoms with E-state index in [-0.39, 0.29) is 5.91 Å². The second-order valence-electron chi connectivity index (χ2n) is 3.97. The van der Waals surface area contributed by atoms with Crippen molar-refractivity contribution in [1.82, 2.24) is 5.32 Å². The number of unbranched alkanes of at least 4 members (excludes halogenated alkanes) is 1. The van der Waals surface area contributed by atoms with Gasteiger partial charge in [0.2, 0.25) is 0 Å². The van der Waals surface area contributed by atoms with Crippen LogP contribution in [0, 0.1) is 11.3 Å². The smallest absolute Gasteiger partial charge is 0.328 e. The topological polar surface area (TPSA) is 79.2 Å². The van der Waals surface area contributed by atoms with Gasteiger partial charge in [-0.3, -0.25) is 4.79 Å². The number of ether oxygens (including phenoxy) is 1. The van der Waals surface area contributed by atoms with Crippen molar-refractivity contribution in [3.05, 3.63) is 35.9 Å². The number of hydrogen-bond acceptors (Lipinski definition) is 4. The fourth-order valence-electron chi connectivity index (χ4n) is 1.61. The molecule has 100 valence electrons. The summed E-state index contributed by atoms with van der Waals surface area (Å²) in [7, 11) is 1.27. The summed E-state index contributed by atoms with van der Waals surface area (Å²) in [6.45, 7) is 0. The molecule has 1 rings (SSSR count). The molecule has 1 aromatic rings. The maximum absolute atomic E-state index is 11.9. The van der Waals surface area contributed by atoms with Crippen molar-refractivity contribution in [3.8, 4) is 6.07 Å². The molecule has 0 aliphatic carbocycles. The molecule has 0 heterocycles. The van der Waals surface area contributed by atoms with Crippen LogP contribution in [-0.4, -0.2) is 25.0 Å². The zero-order chi connectivity index (χ0) is 14.1. The molecule has 1 atom stereocenters. The number of esters is 1. The Morgan fingerprint density at radius 2 is 2.05 bits per heavy atom. The van der Waals surface area contributed by atoms with Crippen LogP contribution in [0.1, 0.15) is 29.6 Å². The minimum absolute atomic E-state index is 0.326. The summed E-state index contributed by atoms with van der Waals surface area (Å²) in [6, 6.07) is 9.92. The van der Waals surface area contributed by atoms with Crippen LogP contribution in [0.25, 0.3) is 0 Å². The third kappa shape index (κ3) is 4.80. The predicted molar refractivity (Wildman–Crippen MR) is 69.2 cm³/mol. The molecule has 0 radical (unpaired) electrons. The highest BCUT2D eigenvalue weighted by atomic mass is 16.5. The Kier molecular flexibility index (Phi) is 6.10. The molecule has 1 aromatic carbocycles. The summed E-state index contributed by atoms with van der Waals surface area (Å²) in [5.74, 6) is -0.824. The lowest BCUT2D eigenvalue weighted by molar-refractivity contribution is -0.143. The van der Waals surface area contributed by atoms with Crippen molar-refractivity contribution in [1.29, 1.82) is 5.26 Å². The van der Waals surface area contributed by atoms with E-state index in [2.05, 4.69) is 10.1 Å². The lowest BCUT2D eigenvalue weighted by atomic mass is 10.1. The van der Waals surface area contributed by atoms with E-state index in [0.717, 1.165) is 0 Å². The summed E-state index contributed by atoms with van der Waals surface area (Å²) in [4.78, 5) is 23.5. The van der Waals surface area contributed by atoms with Crippen LogP contribution in [0.4, 0.5) is 0 Å². The van der Waals surface area contributed by atoms with Gasteiger partial charge in [0.1, 0.15) is 6.04 Å². The highest BCUT2D eigenvalue weighted by molar-refractivity contribution is 5.96. The zero-order valence-corrected chi connectivity index (χ0v) is 10.8. The molecule has 1 amide bonds. The average Bonchev–Trinajstić information content (AvgIpc) is 2.46. The van der Waals surface area contributed by atoms with Gasteiger partial charge in [-0.2, -0.15) is 5.26 Å². The summed E-state index contributed by atoms with van der Waals surface area (Å²) in [6.07, 6.45) is 1.26. The van der Waals surface area contributed by atoms with E-state index >= 15 is 0 Å². The summed E-state index contributed by atoms with van der Waals surface area (Å²) in [5.41, 5.74) is 0.483. The van der Waals surface area contributed by atoms with Crippen LogP contribution in [0.2, 0.25) is 0 Å². The summed E-state index contributed by atoms with van der Waals surface area (Å²) in [5, 5.41) is 11.1. The normalized spacial score (nSPS) is 11.2. The fourth-order valence-corrected chi connectivity index (χ4v) is 1.61. The van der Waals surface area contributed by atoms with Gasteiger partial charge >= 0.3 is 5.97 Å². The third-order valence-corrected chi connectivity index (χ3v) is 2.61. The number of benzene rings is 1. The number of nitrogens with zero attached hydrogens (tertiary/aromatic N) is 1. The first-order valence-corrected chi connectivity index (χ1v) is 5.99. The third-order valence-electron chi connectivity index (χ3n) is 2.61. The lowest BCUT2D eigenvalue weighted by Gasteiger charge is -2.15. The van der Waals surface area contributed by atoms with Gasteiger partial charge in [0.05, 0.1) is 13.2 Å². The number of rotatable bonds is 6. The molecule has 1 N–H and O–H groups in total. The molecule has 0 fully saturated rings. The Morgan fingerprint density at radius 1 is 1.37 bits per heavy atom. The Labute approximate surface area is 112 Å². The standard InChI is InChI=1S/C14H16N2O3/c1-19-14(18)12(9-5-6-10-15)16-13(17)11-7-3-2-4-8-11/h2-4,7-8,12H,5-6,9H2,1H3,(H,16,17)/t12-/m0/s1. The molecule has 19 heavy (non-hydrogen) atoms. The van der Waals surface area contributed by atoms with Gasteiger partial charge in [0.15, 0.2) is 0 Å². The minimum atomic E-state index is -0.717. The summed E-state index contributed by atoms with van der Waals surface area (Å²) < 4.78 is 4.64. The van der Waals surface area contributed by atoms with Gasteiger partial charge in [-0.1, -0.05) is 18.2 Å². The molecule has 0 aliphatic heterocycles. The van der Waals surface area contributed by atoms with E-state index in [0.29, 0.717) is 24.8 Å². The Bertz CT molecular complexity index is 465. The number of carbonyl (C=O) groups excluding carboxylic acids is 2. The number of amides is 1. The van der Waals surface area contributed by atoms with Crippen molar-refractivity contribution in [3.63, 3.8) is 0 Å². The van der Waals surface area contributed by atoms with Gasteiger partial charge in [-0.15, -0.1) is 0 Å². The highest BCUT2D eigenvalue weighted by Crippen LogP contribution is 2.05. The molecule has 0 aromatic heterocycles. The fraction of sp³-hybridized carbons (Fsp3) is 0.357. The molecular weight excluding hydrogens is 244 g/mol. The maximum Gasteiger partial charge on any atom is 0.328 e.